The number of imidazole rings is 1. The normalized spacial score (nSPS) is 16.1. The van der Waals surface area contributed by atoms with Gasteiger partial charge in [-0.1, -0.05) is 6.07 Å². The highest BCUT2D eigenvalue weighted by Crippen LogP contribution is 2.39. The average molecular weight is 419 g/mol. The predicted molar refractivity (Wildman–Crippen MR) is 117 cm³/mol. The van der Waals surface area contributed by atoms with Gasteiger partial charge in [0.1, 0.15) is 11.3 Å². The number of pyridine rings is 2. The lowest BCUT2D eigenvalue weighted by molar-refractivity contribution is -0.115. The maximum atomic E-state index is 12.9. The summed E-state index contributed by atoms with van der Waals surface area (Å²) in [6.45, 7) is 1.27. The lowest BCUT2D eigenvalue weighted by Crippen LogP contribution is -2.35. The summed E-state index contributed by atoms with van der Waals surface area (Å²) in [7, 11) is 0. The van der Waals surface area contributed by atoms with Gasteiger partial charge in [0.2, 0.25) is 0 Å². The van der Waals surface area contributed by atoms with Gasteiger partial charge in [-0.3, -0.25) is 9.78 Å². The van der Waals surface area contributed by atoms with Crippen LogP contribution in [0.25, 0.3) is 5.65 Å². The molecule has 31 heavy (non-hydrogen) atoms. The lowest BCUT2D eigenvalue weighted by Gasteiger charge is -2.19. The average Bonchev–Trinajstić information content (AvgIpc) is 3.41. The van der Waals surface area contributed by atoms with Crippen LogP contribution in [-0.4, -0.2) is 31.8 Å². The van der Waals surface area contributed by atoms with Gasteiger partial charge in [0.25, 0.3) is 5.91 Å². The molecule has 160 valence electrons. The lowest BCUT2D eigenvalue weighted by atomic mass is 10.2. The number of carbonyl (C=O) groups is 1. The Morgan fingerprint density at radius 1 is 1.26 bits per heavy atom. The van der Waals surface area contributed by atoms with E-state index in [4.69, 9.17) is 17.3 Å². The van der Waals surface area contributed by atoms with Crippen molar-refractivity contribution in [2.45, 2.75) is 38.3 Å². The molecule has 0 aromatic carbocycles. The Labute approximate surface area is 180 Å². The number of aromatic nitrogens is 3. The molecule has 6 N–H and O–H groups in total. The molecule has 2 aliphatic rings. The first-order valence-electron chi connectivity index (χ1n) is 10.5. The highest BCUT2D eigenvalue weighted by Gasteiger charge is 2.27. The fourth-order valence-corrected chi connectivity index (χ4v) is 4.08. The van der Waals surface area contributed by atoms with Gasteiger partial charge in [-0.15, -0.1) is 0 Å². The van der Waals surface area contributed by atoms with Crippen LogP contribution in [0.3, 0.4) is 0 Å². The second-order valence-electron chi connectivity index (χ2n) is 8.21. The third kappa shape index (κ3) is 3.85. The fourth-order valence-electron chi connectivity index (χ4n) is 4.08. The Bertz CT molecular complexity index is 1180. The maximum absolute atomic E-state index is 12.9. The largest absolute Gasteiger partial charge is 0.393 e. The van der Waals surface area contributed by atoms with Crippen molar-refractivity contribution in [3.05, 3.63) is 71.2 Å². The van der Waals surface area contributed by atoms with Gasteiger partial charge in [0.05, 0.1) is 29.8 Å². The van der Waals surface area contributed by atoms with Crippen molar-refractivity contribution in [2.75, 3.05) is 11.4 Å². The Morgan fingerprint density at radius 2 is 2.10 bits per heavy atom. The molecule has 5 rings (SSSR count). The summed E-state index contributed by atoms with van der Waals surface area (Å²) in [5.74, 6) is 6.51. The first-order valence-corrected chi connectivity index (χ1v) is 10.5. The van der Waals surface area contributed by atoms with E-state index < -0.39 is 0 Å². The summed E-state index contributed by atoms with van der Waals surface area (Å²) in [4.78, 5) is 23.4. The van der Waals surface area contributed by atoms with Gasteiger partial charge < -0.3 is 25.8 Å². The number of hydrogen-bond donors (Lipinski definition) is 3. The minimum Gasteiger partial charge on any atom is -0.393 e. The SMILES string of the molecule is NCc1cc2c(cn1)N(C(=O)/C(N)=C/N(N)Cc1cn3cc(C4CC4)ccc3n1)CC2. The van der Waals surface area contributed by atoms with E-state index in [2.05, 4.69) is 22.2 Å². The molecule has 1 fully saturated rings. The number of hydrazine groups is 1. The molecule has 9 heteroatoms. The van der Waals surface area contributed by atoms with Crippen molar-refractivity contribution >= 4 is 17.2 Å². The summed E-state index contributed by atoms with van der Waals surface area (Å²) in [6.07, 6.45) is 10.5. The summed E-state index contributed by atoms with van der Waals surface area (Å²) < 4.78 is 2.03. The zero-order valence-corrected chi connectivity index (χ0v) is 17.2. The molecule has 3 aromatic heterocycles. The van der Waals surface area contributed by atoms with Crippen LogP contribution in [0.4, 0.5) is 5.69 Å². The Hall–Kier alpha value is -3.43. The Kier molecular flexibility index (Phi) is 4.84. The van der Waals surface area contributed by atoms with Crippen molar-refractivity contribution in [3.63, 3.8) is 0 Å². The van der Waals surface area contributed by atoms with Gasteiger partial charge in [-0.25, -0.2) is 10.8 Å². The molecule has 3 aromatic rings. The van der Waals surface area contributed by atoms with Crippen LogP contribution in [-0.2, 0) is 24.3 Å². The van der Waals surface area contributed by atoms with Gasteiger partial charge in [0.15, 0.2) is 0 Å². The zero-order valence-electron chi connectivity index (χ0n) is 17.2. The summed E-state index contributed by atoms with van der Waals surface area (Å²) in [5, 5.41) is 1.39. The molecule has 0 radical (unpaired) electrons. The smallest absolute Gasteiger partial charge is 0.275 e. The molecule has 0 bridgehead atoms. The highest BCUT2D eigenvalue weighted by molar-refractivity contribution is 6.06. The molecular weight excluding hydrogens is 392 g/mol. The molecular formula is C22H26N8O. The van der Waals surface area contributed by atoms with E-state index >= 15 is 0 Å². The monoisotopic (exact) mass is 418 g/mol. The summed E-state index contributed by atoms with van der Waals surface area (Å²) >= 11 is 0. The van der Waals surface area contributed by atoms with Crippen molar-refractivity contribution in [3.8, 4) is 0 Å². The van der Waals surface area contributed by atoms with Crippen molar-refractivity contribution in [1.29, 1.82) is 0 Å². The zero-order chi connectivity index (χ0) is 21.5. The van der Waals surface area contributed by atoms with Crippen LogP contribution in [0.2, 0.25) is 0 Å². The van der Waals surface area contributed by atoms with Crippen LogP contribution in [0, 0.1) is 0 Å². The molecule has 4 heterocycles. The molecule has 1 aliphatic carbocycles. The Balaban J connectivity index is 1.28. The minimum absolute atomic E-state index is 0.0676. The van der Waals surface area contributed by atoms with E-state index in [1.165, 1.54) is 29.6 Å². The first-order chi connectivity index (χ1) is 15.0. The van der Waals surface area contributed by atoms with Gasteiger partial charge >= 0.3 is 0 Å². The van der Waals surface area contributed by atoms with E-state index in [0.717, 1.165) is 34.7 Å². The van der Waals surface area contributed by atoms with Crippen LogP contribution >= 0.6 is 0 Å². The third-order valence-corrected chi connectivity index (χ3v) is 5.84. The number of nitrogens with two attached hydrogens (primary N) is 3. The number of hydrogen-bond acceptors (Lipinski definition) is 7. The number of anilines is 1. The van der Waals surface area contributed by atoms with Crippen LogP contribution in [0.1, 0.15) is 41.3 Å². The number of rotatable bonds is 6. The topological polar surface area (TPSA) is 132 Å². The van der Waals surface area contributed by atoms with Gasteiger partial charge in [-0.05, 0) is 48.4 Å². The molecule has 0 unspecified atom stereocenters. The van der Waals surface area contributed by atoms with Gasteiger partial charge in [0, 0.05) is 31.7 Å². The van der Waals surface area contributed by atoms with E-state index in [1.807, 2.05) is 22.7 Å². The molecule has 0 atom stereocenters. The highest BCUT2D eigenvalue weighted by atomic mass is 16.2. The summed E-state index contributed by atoms with van der Waals surface area (Å²) in [5.41, 5.74) is 17.5. The molecule has 1 aliphatic heterocycles. The minimum atomic E-state index is -0.291. The van der Waals surface area contributed by atoms with Crippen LogP contribution in [0.15, 0.2) is 48.7 Å². The van der Waals surface area contributed by atoms with E-state index in [1.54, 1.807) is 11.1 Å². The van der Waals surface area contributed by atoms with Crippen molar-refractivity contribution < 1.29 is 4.79 Å². The molecule has 0 saturated heterocycles. The number of amides is 1. The molecule has 0 spiro atoms. The van der Waals surface area contributed by atoms with Crippen molar-refractivity contribution in [2.24, 2.45) is 17.3 Å². The second-order valence-corrected chi connectivity index (χ2v) is 8.21. The quantitative estimate of drug-likeness (QED) is 0.311. The number of nitrogens with zero attached hydrogens (tertiary/aromatic N) is 5. The number of fused-ring (bicyclic) bond motifs is 2. The summed E-state index contributed by atoms with van der Waals surface area (Å²) in [6, 6.07) is 6.11. The standard InChI is InChI=1S/C22H26N8O/c23-8-17-7-15-5-6-30(20(15)9-26-17)22(31)19(24)13-29(25)12-18-11-28-10-16(14-1-2-14)3-4-21(28)27-18/h3-4,7,9-11,13-14H,1-2,5-6,8,12,23-25H2/b19-13-. The predicted octanol–water partition coefficient (Wildman–Crippen LogP) is 1.13. The van der Waals surface area contributed by atoms with Crippen molar-refractivity contribution in [1.82, 2.24) is 19.4 Å². The van der Waals surface area contributed by atoms with E-state index in [9.17, 15) is 4.79 Å². The Morgan fingerprint density at radius 3 is 2.87 bits per heavy atom. The van der Waals surface area contributed by atoms with E-state index in [-0.39, 0.29) is 11.6 Å². The second kappa shape index (κ2) is 7.68. The maximum Gasteiger partial charge on any atom is 0.275 e. The third-order valence-electron chi connectivity index (χ3n) is 5.84. The molecule has 1 saturated carbocycles. The van der Waals surface area contributed by atoms with Crippen LogP contribution < -0.4 is 22.2 Å². The molecule has 1 amide bonds. The van der Waals surface area contributed by atoms with Crippen LogP contribution in [0.5, 0.6) is 0 Å². The number of carbonyl (C=O) groups excluding carboxylic acids is 1. The van der Waals surface area contributed by atoms with Gasteiger partial charge in [-0.2, -0.15) is 0 Å². The molecule has 9 nitrogen and oxygen atoms in total. The fraction of sp³-hybridized carbons (Fsp3) is 0.318. The first kappa shape index (κ1) is 19.5. The van der Waals surface area contributed by atoms with E-state index in [0.29, 0.717) is 25.6 Å².